The lowest BCUT2D eigenvalue weighted by atomic mass is 10.3. The number of para-hydroxylation sites is 2. The third kappa shape index (κ3) is 3.29. The zero-order chi connectivity index (χ0) is 18.8. The molecule has 2 aromatic heterocycles. The average molecular weight is 385 g/mol. The molecule has 2 aromatic carbocycles. The number of fused-ring (bicyclic) bond motifs is 3. The number of nitro groups is 1. The van der Waals surface area contributed by atoms with Crippen molar-refractivity contribution in [3.8, 4) is 0 Å². The third-order valence-corrected chi connectivity index (χ3v) is 4.23. The molecule has 0 fully saturated rings. The summed E-state index contributed by atoms with van der Waals surface area (Å²) in [7, 11) is 0. The van der Waals surface area contributed by atoms with Gasteiger partial charge in [0.05, 0.1) is 26.7 Å². The Balaban J connectivity index is 1.46. The predicted octanol–water partition coefficient (Wildman–Crippen LogP) is 2.76. The molecule has 11 heteroatoms. The number of nitrogens with one attached hydrogen (secondary N) is 2. The number of anilines is 2. The highest BCUT2D eigenvalue weighted by molar-refractivity contribution is 6.33. The van der Waals surface area contributed by atoms with E-state index < -0.39 is 4.92 Å². The van der Waals surface area contributed by atoms with Crippen LogP contribution in [0.25, 0.3) is 16.7 Å². The molecule has 0 atom stereocenters. The van der Waals surface area contributed by atoms with E-state index in [0.29, 0.717) is 30.2 Å². The fourth-order valence-corrected chi connectivity index (χ4v) is 2.90. The molecule has 136 valence electrons. The van der Waals surface area contributed by atoms with E-state index >= 15 is 0 Å². The number of nitrogens with zero attached hydrogens (tertiary/aromatic N) is 6. The van der Waals surface area contributed by atoms with Gasteiger partial charge in [-0.2, -0.15) is 4.52 Å². The van der Waals surface area contributed by atoms with E-state index in [-0.39, 0.29) is 10.7 Å². The molecule has 0 unspecified atom stereocenters. The molecule has 4 rings (SSSR count). The van der Waals surface area contributed by atoms with Gasteiger partial charge in [-0.05, 0) is 28.6 Å². The second kappa shape index (κ2) is 7.00. The number of nitro benzene ring substituents is 1. The van der Waals surface area contributed by atoms with E-state index in [9.17, 15) is 10.1 Å². The van der Waals surface area contributed by atoms with E-state index in [1.165, 1.54) is 12.1 Å². The third-order valence-electron chi connectivity index (χ3n) is 3.92. The largest absolute Gasteiger partial charge is 0.382 e. The van der Waals surface area contributed by atoms with Crippen LogP contribution in [-0.4, -0.2) is 43.0 Å². The lowest BCUT2D eigenvalue weighted by Crippen LogP contribution is -2.15. The summed E-state index contributed by atoms with van der Waals surface area (Å²) in [6, 6.07) is 11.9. The first-order valence-corrected chi connectivity index (χ1v) is 8.40. The fourth-order valence-electron chi connectivity index (χ4n) is 2.66. The topological polar surface area (TPSA) is 123 Å². The van der Waals surface area contributed by atoms with Gasteiger partial charge in [-0.3, -0.25) is 10.1 Å². The van der Waals surface area contributed by atoms with Gasteiger partial charge < -0.3 is 10.6 Å². The number of benzene rings is 2. The zero-order valence-corrected chi connectivity index (χ0v) is 14.6. The van der Waals surface area contributed by atoms with Gasteiger partial charge in [0.15, 0.2) is 5.82 Å². The maximum atomic E-state index is 10.8. The van der Waals surface area contributed by atoms with Gasteiger partial charge in [0.1, 0.15) is 0 Å². The molecule has 10 nitrogen and oxygen atoms in total. The minimum atomic E-state index is -0.486. The highest BCUT2D eigenvalue weighted by Gasteiger charge is 2.11. The van der Waals surface area contributed by atoms with Crippen LogP contribution >= 0.6 is 11.6 Å². The van der Waals surface area contributed by atoms with Crippen molar-refractivity contribution in [1.29, 1.82) is 0 Å². The number of hydrogen-bond donors (Lipinski definition) is 2. The van der Waals surface area contributed by atoms with Crippen molar-refractivity contribution in [3.05, 3.63) is 57.6 Å². The molecule has 4 aromatic rings. The first kappa shape index (κ1) is 16.9. The van der Waals surface area contributed by atoms with Gasteiger partial charge in [0.2, 0.25) is 5.65 Å². The maximum Gasteiger partial charge on any atom is 0.271 e. The van der Waals surface area contributed by atoms with Crippen molar-refractivity contribution in [1.82, 2.24) is 25.0 Å². The highest BCUT2D eigenvalue weighted by atomic mass is 35.5. The summed E-state index contributed by atoms with van der Waals surface area (Å²) in [6.45, 7) is 1.03. The molecule has 27 heavy (non-hydrogen) atoms. The van der Waals surface area contributed by atoms with Gasteiger partial charge in [-0.1, -0.05) is 23.7 Å². The average Bonchev–Trinajstić information content (AvgIpc) is 3.16. The summed E-state index contributed by atoms with van der Waals surface area (Å²) < 4.78 is 1.63. The van der Waals surface area contributed by atoms with Crippen molar-refractivity contribution in [3.63, 3.8) is 0 Å². The van der Waals surface area contributed by atoms with E-state index in [1.807, 2.05) is 24.3 Å². The number of rotatable bonds is 6. The summed E-state index contributed by atoms with van der Waals surface area (Å²) in [5.41, 5.74) is 2.68. The van der Waals surface area contributed by atoms with Gasteiger partial charge in [-0.25, -0.2) is 4.98 Å². The molecule has 0 radical (unpaired) electrons. The Kier molecular flexibility index (Phi) is 4.38. The van der Waals surface area contributed by atoms with Crippen molar-refractivity contribution >= 4 is 45.5 Å². The molecule has 0 saturated heterocycles. The summed E-state index contributed by atoms with van der Waals surface area (Å²) in [4.78, 5) is 14.8. The molecular weight excluding hydrogens is 372 g/mol. The molecule has 0 amide bonds. The van der Waals surface area contributed by atoms with Gasteiger partial charge in [-0.15, -0.1) is 5.10 Å². The van der Waals surface area contributed by atoms with Crippen LogP contribution < -0.4 is 10.6 Å². The maximum absolute atomic E-state index is 10.8. The van der Waals surface area contributed by atoms with Gasteiger partial charge in [0.25, 0.3) is 5.69 Å². The Morgan fingerprint density at radius 1 is 1.15 bits per heavy atom. The summed E-state index contributed by atoms with van der Waals surface area (Å²) >= 11 is 6.07. The molecule has 0 saturated carbocycles. The van der Waals surface area contributed by atoms with Gasteiger partial charge in [0, 0.05) is 25.2 Å². The van der Waals surface area contributed by atoms with Crippen LogP contribution in [0, 0.1) is 10.1 Å². The lowest BCUT2D eigenvalue weighted by molar-refractivity contribution is -0.384. The molecular formula is C16H13ClN8O2. The number of halogens is 1. The highest BCUT2D eigenvalue weighted by Crippen LogP contribution is 2.26. The van der Waals surface area contributed by atoms with Crippen molar-refractivity contribution in [2.75, 3.05) is 23.7 Å². The van der Waals surface area contributed by atoms with Crippen LogP contribution in [0.2, 0.25) is 5.02 Å². The molecule has 0 aliphatic heterocycles. The van der Waals surface area contributed by atoms with Crippen molar-refractivity contribution < 1.29 is 4.92 Å². The Hall–Kier alpha value is -3.53. The molecule has 2 N–H and O–H groups in total. The summed E-state index contributed by atoms with van der Waals surface area (Å²) in [5.74, 6) is 0.565. The SMILES string of the molecule is O=[N+]([O-])c1ccc(NCCNc2nc3ccccc3n3nnnc23)c(Cl)c1. The fraction of sp³-hybridized carbons (Fsp3) is 0.125. The second-order valence-corrected chi connectivity index (χ2v) is 6.05. The van der Waals surface area contributed by atoms with E-state index in [4.69, 9.17) is 11.6 Å². The van der Waals surface area contributed by atoms with Crippen LogP contribution in [-0.2, 0) is 0 Å². The first-order valence-electron chi connectivity index (χ1n) is 8.02. The number of non-ortho nitro benzene ring substituents is 1. The Bertz CT molecular complexity index is 1150. The zero-order valence-electron chi connectivity index (χ0n) is 13.8. The van der Waals surface area contributed by atoms with Gasteiger partial charge >= 0.3 is 0 Å². The van der Waals surface area contributed by atoms with Crippen LogP contribution in [0.4, 0.5) is 17.2 Å². The van der Waals surface area contributed by atoms with E-state index in [2.05, 4.69) is 31.1 Å². The van der Waals surface area contributed by atoms with Crippen molar-refractivity contribution in [2.24, 2.45) is 0 Å². The smallest absolute Gasteiger partial charge is 0.271 e. The quantitative estimate of drug-likeness (QED) is 0.295. The monoisotopic (exact) mass is 384 g/mol. The predicted molar refractivity (Wildman–Crippen MR) is 101 cm³/mol. The number of tetrazole rings is 1. The molecule has 0 bridgehead atoms. The van der Waals surface area contributed by atoms with Crippen LogP contribution in [0.15, 0.2) is 42.5 Å². The van der Waals surface area contributed by atoms with Crippen LogP contribution in [0.5, 0.6) is 0 Å². The van der Waals surface area contributed by atoms with Crippen LogP contribution in [0.1, 0.15) is 0 Å². The minimum Gasteiger partial charge on any atom is -0.382 e. The van der Waals surface area contributed by atoms with E-state index in [0.717, 1.165) is 11.0 Å². The molecule has 0 aliphatic carbocycles. The van der Waals surface area contributed by atoms with E-state index in [1.54, 1.807) is 10.6 Å². The molecule has 0 aliphatic rings. The standard InChI is InChI=1S/C16H13ClN8O2/c17-11-9-10(25(26)27)5-6-12(11)18-7-8-19-15-16-21-22-23-24(16)14-4-2-1-3-13(14)20-15/h1-6,9,18H,7-8H2,(H,19,20). The minimum absolute atomic E-state index is 0.0502. The summed E-state index contributed by atoms with van der Waals surface area (Å²) in [6.07, 6.45) is 0. The summed E-state index contributed by atoms with van der Waals surface area (Å²) in [5, 5.41) is 29.1. The number of hydrogen-bond acceptors (Lipinski definition) is 8. The Morgan fingerprint density at radius 3 is 2.78 bits per heavy atom. The second-order valence-electron chi connectivity index (χ2n) is 5.64. The first-order chi connectivity index (χ1) is 13.1. The number of aromatic nitrogens is 5. The molecule has 0 spiro atoms. The van der Waals surface area contributed by atoms with Crippen molar-refractivity contribution in [2.45, 2.75) is 0 Å². The normalized spacial score (nSPS) is 11.0. The molecule has 2 heterocycles. The van der Waals surface area contributed by atoms with Crippen LogP contribution in [0.3, 0.4) is 0 Å². The lowest BCUT2D eigenvalue weighted by Gasteiger charge is -2.10. The Morgan fingerprint density at radius 2 is 1.96 bits per heavy atom. The Labute approximate surface area is 157 Å².